The number of nitrogens with two attached hydrogens (primary N) is 1. The molecule has 0 saturated heterocycles. The number of allylic oxidation sites excluding steroid dienone is 3. The van der Waals surface area contributed by atoms with Crippen LogP contribution in [0.3, 0.4) is 0 Å². The van der Waals surface area contributed by atoms with Crippen molar-refractivity contribution in [2.24, 2.45) is 16.8 Å². The minimum Gasteiger partial charge on any atom is -0.411 e. The Kier molecular flexibility index (Phi) is 15.5. The molecule has 0 aromatic rings. The van der Waals surface area contributed by atoms with Gasteiger partial charge in [0.1, 0.15) is 0 Å². The van der Waals surface area contributed by atoms with Crippen molar-refractivity contribution in [3.05, 3.63) is 24.3 Å². The Morgan fingerprint density at radius 2 is 1.64 bits per heavy atom. The SMILES string of the molecule is CCCCCC(CC=CCCC=CCC(N)CC)CC=NO. The van der Waals surface area contributed by atoms with Gasteiger partial charge in [0, 0.05) is 12.3 Å². The maximum atomic E-state index is 8.57. The van der Waals surface area contributed by atoms with E-state index in [4.69, 9.17) is 10.9 Å². The van der Waals surface area contributed by atoms with Gasteiger partial charge in [-0.1, -0.05) is 57.4 Å². The highest BCUT2D eigenvalue weighted by molar-refractivity contribution is 5.56. The number of unbranched alkanes of at least 4 members (excludes halogenated alkanes) is 3. The lowest BCUT2D eigenvalue weighted by Crippen LogP contribution is -2.16. The zero-order valence-electron chi connectivity index (χ0n) is 14.6. The average Bonchev–Trinajstić information content (AvgIpc) is 2.54. The molecule has 2 atom stereocenters. The van der Waals surface area contributed by atoms with Gasteiger partial charge in [-0.15, -0.1) is 5.16 Å². The van der Waals surface area contributed by atoms with E-state index in [-0.39, 0.29) is 0 Å². The van der Waals surface area contributed by atoms with Crippen molar-refractivity contribution in [2.75, 3.05) is 0 Å². The number of rotatable bonds is 14. The van der Waals surface area contributed by atoms with Crippen molar-refractivity contribution in [3.63, 3.8) is 0 Å². The molecule has 0 bridgehead atoms. The topological polar surface area (TPSA) is 58.6 Å². The third-order valence-electron chi connectivity index (χ3n) is 4.00. The lowest BCUT2D eigenvalue weighted by Gasteiger charge is -2.11. The van der Waals surface area contributed by atoms with Crippen LogP contribution in [0, 0.1) is 5.92 Å². The monoisotopic (exact) mass is 308 g/mol. The Morgan fingerprint density at radius 3 is 2.23 bits per heavy atom. The summed E-state index contributed by atoms with van der Waals surface area (Å²) in [4.78, 5) is 0. The molecule has 0 saturated carbocycles. The van der Waals surface area contributed by atoms with E-state index in [1.165, 1.54) is 25.7 Å². The summed E-state index contributed by atoms with van der Waals surface area (Å²) in [5.74, 6) is 0.608. The van der Waals surface area contributed by atoms with E-state index in [0.717, 1.165) is 38.5 Å². The molecule has 0 rings (SSSR count). The molecule has 0 aliphatic rings. The van der Waals surface area contributed by atoms with Crippen LogP contribution in [0.5, 0.6) is 0 Å². The zero-order valence-corrected chi connectivity index (χ0v) is 14.6. The molecule has 0 fully saturated rings. The summed E-state index contributed by atoms with van der Waals surface area (Å²) < 4.78 is 0. The third kappa shape index (κ3) is 13.9. The largest absolute Gasteiger partial charge is 0.411 e. The van der Waals surface area contributed by atoms with E-state index in [2.05, 4.69) is 43.3 Å². The fraction of sp³-hybridized carbons (Fsp3) is 0.737. The molecule has 3 N–H and O–H groups in total. The van der Waals surface area contributed by atoms with Crippen LogP contribution in [-0.2, 0) is 0 Å². The van der Waals surface area contributed by atoms with Crippen molar-refractivity contribution in [1.82, 2.24) is 0 Å². The van der Waals surface area contributed by atoms with Crippen LogP contribution in [0.1, 0.15) is 78.1 Å². The van der Waals surface area contributed by atoms with Crippen LogP contribution in [0.25, 0.3) is 0 Å². The second kappa shape index (κ2) is 16.3. The van der Waals surface area contributed by atoms with Crippen LogP contribution < -0.4 is 5.73 Å². The first-order chi connectivity index (χ1) is 10.7. The minimum atomic E-state index is 0.309. The number of oxime groups is 1. The zero-order chi connectivity index (χ0) is 16.5. The molecule has 2 unspecified atom stereocenters. The highest BCUT2D eigenvalue weighted by Crippen LogP contribution is 2.17. The van der Waals surface area contributed by atoms with Gasteiger partial charge >= 0.3 is 0 Å². The average molecular weight is 309 g/mol. The van der Waals surface area contributed by atoms with Gasteiger partial charge in [0.15, 0.2) is 0 Å². The second-order valence-corrected chi connectivity index (χ2v) is 6.06. The Bertz CT molecular complexity index is 311. The molecule has 0 radical (unpaired) electrons. The molecular weight excluding hydrogens is 272 g/mol. The van der Waals surface area contributed by atoms with Gasteiger partial charge in [0.2, 0.25) is 0 Å². The van der Waals surface area contributed by atoms with Crippen LogP contribution in [0.15, 0.2) is 29.5 Å². The van der Waals surface area contributed by atoms with Crippen LogP contribution in [-0.4, -0.2) is 17.5 Å². The normalized spacial score (nSPS) is 15.2. The summed E-state index contributed by atoms with van der Waals surface area (Å²) in [7, 11) is 0. The highest BCUT2D eigenvalue weighted by Gasteiger charge is 2.05. The van der Waals surface area contributed by atoms with Gasteiger partial charge < -0.3 is 10.9 Å². The van der Waals surface area contributed by atoms with Gasteiger partial charge in [-0.3, -0.25) is 0 Å². The molecule has 0 amide bonds. The fourth-order valence-electron chi connectivity index (χ4n) is 2.37. The Balaban J connectivity index is 3.83. The van der Waals surface area contributed by atoms with E-state index >= 15 is 0 Å². The summed E-state index contributed by atoms with van der Waals surface area (Å²) in [6.07, 6.45) is 21.8. The highest BCUT2D eigenvalue weighted by atomic mass is 16.4. The molecule has 0 aromatic carbocycles. The van der Waals surface area contributed by atoms with Gasteiger partial charge in [0.05, 0.1) is 0 Å². The van der Waals surface area contributed by atoms with Crippen LogP contribution in [0.2, 0.25) is 0 Å². The smallest absolute Gasteiger partial charge is 0.0438 e. The van der Waals surface area contributed by atoms with E-state index in [1.807, 2.05) is 0 Å². The third-order valence-corrected chi connectivity index (χ3v) is 4.00. The number of hydrogen-bond donors (Lipinski definition) is 2. The molecule has 0 spiro atoms. The predicted molar refractivity (Wildman–Crippen MR) is 97.5 cm³/mol. The first kappa shape index (κ1) is 20.9. The summed E-state index contributed by atoms with van der Waals surface area (Å²) in [6, 6.07) is 0.309. The molecule has 0 heterocycles. The fourth-order valence-corrected chi connectivity index (χ4v) is 2.37. The molecule has 3 nitrogen and oxygen atoms in total. The van der Waals surface area contributed by atoms with E-state index in [9.17, 15) is 0 Å². The number of nitrogens with zero attached hydrogens (tertiary/aromatic N) is 1. The van der Waals surface area contributed by atoms with Crippen LogP contribution >= 0.6 is 0 Å². The van der Waals surface area contributed by atoms with Crippen molar-refractivity contribution < 1.29 is 5.21 Å². The van der Waals surface area contributed by atoms with Crippen molar-refractivity contribution in [1.29, 1.82) is 0 Å². The van der Waals surface area contributed by atoms with Crippen molar-refractivity contribution in [2.45, 2.75) is 84.1 Å². The molecular formula is C19H36N2O. The summed E-state index contributed by atoms with van der Waals surface area (Å²) in [5, 5.41) is 11.7. The second-order valence-electron chi connectivity index (χ2n) is 6.06. The lowest BCUT2D eigenvalue weighted by molar-refractivity contribution is 0.318. The van der Waals surface area contributed by atoms with Crippen molar-refractivity contribution in [3.8, 4) is 0 Å². The minimum absolute atomic E-state index is 0.309. The molecule has 0 aliphatic heterocycles. The first-order valence-electron chi connectivity index (χ1n) is 8.95. The van der Waals surface area contributed by atoms with Gasteiger partial charge in [0.25, 0.3) is 0 Å². The first-order valence-corrected chi connectivity index (χ1v) is 8.95. The Morgan fingerprint density at radius 1 is 0.955 bits per heavy atom. The maximum Gasteiger partial charge on any atom is 0.0438 e. The molecule has 3 heteroatoms. The maximum absolute atomic E-state index is 8.57. The summed E-state index contributed by atoms with van der Waals surface area (Å²) in [5.41, 5.74) is 5.86. The standard InChI is InChI=1S/C19H36N2O/c1-3-5-10-13-18(16-17-21-22)14-11-8-6-7-9-12-15-19(20)4-2/h8-9,11-12,17-19,22H,3-7,10,13-16,20H2,1-2H3. The predicted octanol–water partition coefficient (Wildman–Crippen LogP) is 5.44. The van der Waals surface area contributed by atoms with E-state index < -0.39 is 0 Å². The van der Waals surface area contributed by atoms with Crippen LogP contribution in [0.4, 0.5) is 0 Å². The van der Waals surface area contributed by atoms with Gasteiger partial charge in [-0.05, 0) is 50.9 Å². The molecule has 128 valence electrons. The summed E-state index contributed by atoms with van der Waals surface area (Å²) >= 11 is 0. The number of hydrogen-bond acceptors (Lipinski definition) is 3. The Labute approximate surface area is 137 Å². The van der Waals surface area contributed by atoms with Gasteiger partial charge in [-0.25, -0.2) is 0 Å². The lowest BCUT2D eigenvalue weighted by atomic mass is 9.94. The Hall–Kier alpha value is -1.09. The molecule has 22 heavy (non-hydrogen) atoms. The van der Waals surface area contributed by atoms with E-state index in [0.29, 0.717) is 12.0 Å². The molecule has 0 aliphatic carbocycles. The van der Waals surface area contributed by atoms with Gasteiger partial charge in [-0.2, -0.15) is 0 Å². The summed E-state index contributed by atoms with van der Waals surface area (Å²) in [6.45, 7) is 4.35. The van der Waals surface area contributed by atoms with E-state index in [1.54, 1.807) is 6.21 Å². The quantitative estimate of drug-likeness (QED) is 0.147. The van der Waals surface area contributed by atoms with Crippen molar-refractivity contribution >= 4 is 6.21 Å². The molecule has 0 aromatic heterocycles.